The molecule has 2 aliphatic heterocycles. The maximum absolute atomic E-state index is 5.85. The number of fused-ring (bicyclic) bond motifs is 2. The van der Waals surface area contributed by atoms with E-state index in [0.29, 0.717) is 13.2 Å². The van der Waals surface area contributed by atoms with Crippen LogP contribution in [0.3, 0.4) is 0 Å². The molecule has 2 aliphatic rings. The molecule has 0 saturated heterocycles. The molecule has 6 rings (SSSR count). The lowest BCUT2D eigenvalue weighted by Crippen LogP contribution is -2.15. The van der Waals surface area contributed by atoms with Crippen molar-refractivity contribution in [1.29, 1.82) is 0 Å². The van der Waals surface area contributed by atoms with E-state index < -0.39 is 0 Å². The van der Waals surface area contributed by atoms with Gasteiger partial charge >= 0.3 is 0 Å². The van der Waals surface area contributed by atoms with Gasteiger partial charge in [-0.15, -0.1) is 0 Å². The first kappa shape index (κ1) is 20.8. The Morgan fingerprint density at radius 3 is 2.26 bits per heavy atom. The summed E-state index contributed by atoms with van der Waals surface area (Å²) in [7, 11) is 0. The average molecular weight is 452 g/mol. The molecule has 3 heterocycles. The summed E-state index contributed by atoms with van der Waals surface area (Å²) in [6.45, 7) is 2.13. The highest BCUT2D eigenvalue weighted by Gasteiger charge is 2.25. The van der Waals surface area contributed by atoms with Crippen molar-refractivity contribution in [3.63, 3.8) is 0 Å². The molecule has 5 heteroatoms. The maximum atomic E-state index is 5.85. The Morgan fingerprint density at radius 2 is 1.53 bits per heavy atom. The Hall–Kier alpha value is -3.73. The van der Waals surface area contributed by atoms with Crippen molar-refractivity contribution < 1.29 is 9.47 Å². The number of nitrogens with one attached hydrogen (secondary N) is 1. The van der Waals surface area contributed by atoms with Gasteiger partial charge in [0.25, 0.3) is 0 Å². The van der Waals surface area contributed by atoms with E-state index in [9.17, 15) is 0 Å². The van der Waals surface area contributed by atoms with Crippen molar-refractivity contribution in [2.75, 3.05) is 25.1 Å². The van der Waals surface area contributed by atoms with Crippen molar-refractivity contribution in [3.8, 4) is 17.2 Å². The lowest BCUT2D eigenvalue weighted by molar-refractivity contribution is 0.171. The zero-order chi connectivity index (χ0) is 22.7. The molecule has 0 unspecified atom stereocenters. The summed E-state index contributed by atoms with van der Waals surface area (Å²) >= 11 is 0. The van der Waals surface area contributed by atoms with E-state index in [1.165, 1.54) is 23.1 Å². The molecule has 3 aromatic carbocycles. The number of nitrogens with zero attached hydrogens (tertiary/aromatic N) is 2. The van der Waals surface area contributed by atoms with E-state index in [1.807, 2.05) is 12.1 Å². The molecule has 34 heavy (non-hydrogen) atoms. The van der Waals surface area contributed by atoms with Crippen LogP contribution in [0.5, 0.6) is 11.5 Å². The first-order chi connectivity index (χ1) is 16.9. The van der Waals surface area contributed by atoms with E-state index in [1.54, 1.807) is 0 Å². The summed E-state index contributed by atoms with van der Waals surface area (Å²) < 4.78 is 13.7. The smallest absolute Gasteiger partial charge is 0.163 e. The molecule has 0 radical (unpaired) electrons. The third-order valence-corrected chi connectivity index (χ3v) is 6.78. The number of hydrogen-bond acceptors (Lipinski definition) is 4. The predicted molar refractivity (Wildman–Crippen MR) is 134 cm³/mol. The zero-order valence-electron chi connectivity index (χ0n) is 19.2. The Morgan fingerprint density at radius 1 is 0.824 bits per heavy atom. The highest BCUT2D eigenvalue weighted by atomic mass is 16.6. The largest absolute Gasteiger partial charge is 0.486 e. The van der Waals surface area contributed by atoms with Crippen LogP contribution in [0.4, 0.5) is 5.82 Å². The van der Waals surface area contributed by atoms with Crippen molar-refractivity contribution in [1.82, 2.24) is 9.78 Å². The van der Waals surface area contributed by atoms with Gasteiger partial charge in [-0.25, -0.2) is 4.68 Å². The van der Waals surface area contributed by atoms with Crippen LogP contribution in [-0.4, -0.2) is 29.5 Å². The summed E-state index contributed by atoms with van der Waals surface area (Å²) in [6.07, 6.45) is 4.23. The Bertz CT molecular complexity index is 1230. The molecule has 172 valence electrons. The van der Waals surface area contributed by atoms with Gasteiger partial charge in [0.1, 0.15) is 19.0 Å². The summed E-state index contributed by atoms with van der Waals surface area (Å²) in [5.74, 6) is 2.95. The van der Waals surface area contributed by atoms with Crippen LogP contribution < -0.4 is 14.8 Å². The third kappa shape index (κ3) is 4.03. The van der Waals surface area contributed by atoms with E-state index >= 15 is 0 Å². The van der Waals surface area contributed by atoms with E-state index in [-0.39, 0.29) is 5.92 Å². The number of anilines is 1. The summed E-state index contributed by atoms with van der Waals surface area (Å²) in [5.41, 5.74) is 6.13. The minimum Gasteiger partial charge on any atom is -0.486 e. The van der Waals surface area contributed by atoms with Gasteiger partial charge in [-0.3, -0.25) is 0 Å². The lowest BCUT2D eigenvalue weighted by Gasteiger charge is -2.19. The number of rotatable bonds is 5. The zero-order valence-corrected chi connectivity index (χ0v) is 19.2. The van der Waals surface area contributed by atoms with Gasteiger partial charge < -0.3 is 14.8 Å². The van der Waals surface area contributed by atoms with Crippen LogP contribution in [0.2, 0.25) is 0 Å². The second-order valence-corrected chi connectivity index (χ2v) is 8.98. The minimum absolute atomic E-state index is 0.248. The van der Waals surface area contributed by atoms with Gasteiger partial charge in [-0.2, -0.15) is 5.10 Å². The fraction of sp³-hybridized carbons (Fsp3) is 0.276. The molecule has 4 aromatic rings. The maximum Gasteiger partial charge on any atom is 0.163 e. The summed E-state index contributed by atoms with van der Waals surface area (Å²) in [4.78, 5) is 0. The molecular weight excluding hydrogens is 422 g/mol. The highest BCUT2D eigenvalue weighted by Crippen LogP contribution is 2.37. The van der Waals surface area contributed by atoms with Crippen LogP contribution in [0.15, 0.2) is 78.9 Å². The van der Waals surface area contributed by atoms with Crippen molar-refractivity contribution in [2.24, 2.45) is 0 Å². The molecular formula is C29H29N3O2. The molecule has 0 fully saturated rings. The van der Waals surface area contributed by atoms with Crippen LogP contribution in [0.25, 0.3) is 5.69 Å². The van der Waals surface area contributed by atoms with E-state index in [4.69, 9.17) is 14.6 Å². The molecule has 1 aromatic heterocycles. The normalized spacial score (nSPS) is 14.9. The SMILES string of the molecule is c1ccc(C(Cc2nn(-c3ccc4c(c3)OCCO4)c3c2CCCCN3)c2ccccc2)cc1. The van der Waals surface area contributed by atoms with Crippen molar-refractivity contribution in [3.05, 3.63) is 101 Å². The monoisotopic (exact) mass is 451 g/mol. The highest BCUT2D eigenvalue weighted by molar-refractivity contribution is 5.58. The van der Waals surface area contributed by atoms with Crippen LogP contribution >= 0.6 is 0 Å². The second-order valence-electron chi connectivity index (χ2n) is 8.98. The fourth-order valence-electron chi connectivity index (χ4n) is 5.08. The van der Waals surface area contributed by atoms with Gasteiger partial charge in [-0.05, 0) is 42.5 Å². The molecule has 0 bridgehead atoms. The summed E-state index contributed by atoms with van der Waals surface area (Å²) in [6, 6.07) is 27.7. The number of ether oxygens (including phenoxy) is 2. The molecule has 5 nitrogen and oxygen atoms in total. The first-order valence-corrected chi connectivity index (χ1v) is 12.2. The quantitative estimate of drug-likeness (QED) is 0.419. The average Bonchev–Trinajstić information content (AvgIpc) is 3.06. The van der Waals surface area contributed by atoms with Crippen LogP contribution in [0, 0.1) is 0 Å². The molecule has 0 saturated carbocycles. The standard InChI is InChI=1S/C29H29N3O2/c1-3-9-21(10-4-1)25(22-11-5-2-6-12-22)20-26-24-13-7-8-16-30-29(24)32(31-26)23-14-15-27-28(19-23)34-18-17-33-27/h1-6,9-12,14-15,19,25,30H,7-8,13,16-18,20H2. The number of aromatic nitrogens is 2. The molecule has 0 atom stereocenters. The molecule has 0 amide bonds. The minimum atomic E-state index is 0.248. The van der Waals surface area contributed by atoms with Crippen LogP contribution in [-0.2, 0) is 12.8 Å². The second kappa shape index (κ2) is 9.26. The van der Waals surface area contributed by atoms with Gasteiger partial charge in [0, 0.05) is 30.5 Å². The first-order valence-electron chi connectivity index (χ1n) is 12.2. The van der Waals surface area contributed by atoms with Gasteiger partial charge in [0.15, 0.2) is 11.5 Å². The van der Waals surface area contributed by atoms with Crippen molar-refractivity contribution >= 4 is 5.82 Å². The third-order valence-electron chi connectivity index (χ3n) is 6.78. The predicted octanol–water partition coefficient (Wildman–Crippen LogP) is 5.77. The van der Waals surface area contributed by atoms with Gasteiger partial charge in [0.05, 0.1) is 11.4 Å². The fourth-order valence-corrected chi connectivity index (χ4v) is 5.08. The number of hydrogen-bond donors (Lipinski definition) is 1. The Kier molecular flexibility index (Phi) is 5.68. The van der Waals surface area contributed by atoms with Crippen molar-refractivity contribution in [2.45, 2.75) is 31.6 Å². The van der Waals surface area contributed by atoms with E-state index in [2.05, 4.69) is 76.7 Å². The Balaban J connectivity index is 1.43. The molecule has 0 aliphatic carbocycles. The summed E-state index contributed by atoms with van der Waals surface area (Å²) in [5, 5.41) is 8.88. The Labute approximate surface area is 200 Å². The van der Waals surface area contributed by atoms with Gasteiger partial charge in [-0.1, -0.05) is 60.7 Å². The topological polar surface area (TPSA) is 48.3 Å². The lowest BCUT2D eigenvalue weighted by atomic mass is 9.86. The molecule has 1 N–H and O–H groups in total. The van der Waals surface area contributed by atoms with Gasteiger partial charge in [0.2, 0.25) is 0 Å². The van der Waals surface area contributed by atoms with Crippen LogP contribution in [0.1, 0.15) is 41.1 Å². The molecule has 0 spiro atoms. The van der Waals surface area contributed by atoms with E-state index in [0.717, 1.165) is 54.5 Å². The number of benzene rings is 3.